The Morgan fingerprint density at radius 1 is 1.16 bits per heavy atom. The lowest BCUT2D eigenvalue weighted by Crippen LogP contribution is -1.97. The molecule has 3 saturated carbocycles. The first-order chi connectivity index (χ1) is 9.42. The van der Waals surface area contributed by atoms with Gasteiger partial charge >= 0.3 is 0 Å². The first-order valence-corrected chi connectivity index (χ1v) is 7.03. The molecular formula is C14H14N4O. The van der Waals surface area contributed by atoms with Crippen molar-refractivity contribution in [2.24, 2.45) is 23.7 Å². The number of hydrogen-bond acceptors (Lipinski definition) is 5. The van der Waals surface area contributed by atoms with E-state index in [0.29, 0.717) is 17.4 Å². The zero-order valence-corrected chi connectivity index (χ0v) is 10.4. The molecule has 2 bridgehead atoms. The molecule has 0 saturated heterocycles. The third-order valence-corrected chi connectivity index (χ3v) is 5.26. The van der Waals surface area contributed by atoms with Crippen LogP contribution in [0.3, 0.4) is 0 Å². The second-order valence-corrected chi connectivity index (χ2v) is 6.08. The highest BCUT2D eigenvalue weighted by molar-refractivity contribution is 5.46. The lowest BCUT2D eigenvalue weighted by atomic mass is 10.0. The summed E-state index contributed by atoms with van der Waals surface area (Å²) < 4.78 is 5.47. The molecule has 3 aliphatic rings. The molecule has 19 heavy (non-hydrogen) atoms. The van der Waals surface area contributed by atoms with Crippen molar-refractivity contribution >= 4 is 0 Å². The Labute approximate surface area is 110 Å². The van der Waals surface area contributed by atoms with E-state index in [1.54, 1.807) is 6.20 Å². The van der Waals surface area contributed by atoms with Crippen LogP contribution in [0, 0.1) is 23.7 Å². The summed E-state index contributed by atoms with van der Waals surface area (Å²) in [6, 6.07) is 3.70. The Hall–Kier alpha value is -1.78. The van der Waals surface area contributed by atoms with Gasteiger partial charge in [-0.05, 0) is 55.1 Å². The lowest BCUT2D eigenvalue weighted by molar-refractivity contribution is 0.356. The van der Waals surface area contributed by atoms with Crippen LogP contribution in [-0.2, 0) is 0 Å². The minimum absolute atomic E-state index is 0.532. The maximum absolute atomic E-state index is 5.47. The summed E-state index contributed by atoms with van der Waals surface area (Å²) >= 11 is 0. The van der Waals surface area contributed by atoms with Crippen LogP contribution in [0.1, 0.15) is 31.1 Å². The van der Waals surface area contributed by atoms with Crippen LogP contribution in [0.5, 0.6) is 0 Å². The van der Waals surface area contributed by atoms with Gasteiger partial charge < -0.3 is 4.52 Å². The number of nitrogens with zero attached hydrogens (tertiary/aromatic N) is 4. The van der Waals surface area contributed by atoms with Gasteiger partial charge in [0.25, 0.3) is 0 Å². The predicted octanol–water partition coefficient (Wildman–Crippen LogP) is 2.29. The van der Waals surface area contributed by atoms with Crippen molar-refractivity contribution < 1.29 is 4.52 Å². The Bertz CT molecular complexity index is 609. The van der Waals surface area contributed by atoms with Crippen molar-refractivity contribution in [3.05, 3.63) is 24.2 Å². The van der Waals surface area contributed by atoms with E-state index >= 15 is 0 Å². The number of aromatic nitrogens is 4. The highest BCUT2D eigenvalue weighted by Gasteiger charge is 2.67. The Morgan fingerprint density at radius 3 is 2.74 bits per heavy atom. The predicted molar refractivity (Wildman–Crippen MR) is 65.9 cm³/mol. The highest BCUT2D eigenvalue weighted by atomic mass is 16.5. The third-order valence-electron chi connectivity index (χ3n) is 5.26. The van der Waals surface area contributed by atoms with Gasteiger partial charge in [0, 0.05) is 12.1 Å². The van der Waals surface area contributed by atoms with Crippen LogP contribution in [0.15, 0.2) is 22.9 Å². The number of hydrogen-bond donors (Lipinski definition) is 0. The second kappa shape index (κ2) is 3.40. The minimum atomic E-state index is 0.532. The smallest absolute Gasteiger partial charge is 0.230 e. The summed E-state index contributed by atoms with van der Waals surface area (Å²) in [6.07, 6.45) is 5.91. The minimum Gasteiger partial charge on any atom is -0.339 e. The molecule has 0 aliphatic heterocycles. The molecule has 2 heterocycles. The van der Waals surface area contributed by atoms with Crippen molar-refractivity contribution in [3.63, 3.8) is 0 Å². The zero-order chi connectivity index (χ0) is 12.4. The second-order valence-electron chi connectivity index (χ2n) is 6.08. The molecule has 0 aromatic carbocycles. The van der Waals surface area contributed by atoms with Gasteiger partial charge in [-0.25, -0.2) is 0 Å². The number of fused-ring (bicyclic) bond motifs is 5. The largest absolute Gasteiger partial charge is 0.339 e. The van der Waals surface area contributed by atoms with E-state index < -0.39 is 0 Å². The maximum Gasteiger partial charge on any atom is 0.230 e. The third kappa shape index (κ3) is 1.30. The Kier molecular flexibility index (Phi) is 1.80. The fourth-order valence-electron chi connectivity index (χ4n) is 4.55. The fraction of sp³-hybridized carbons (Fsp3) is 0.571. The monoisotopic (exact) mass is 254 g/mol. The average molecular weight is 254 g/mol. The molecule has 0 spiro atoms. The van der Waals surface area contributed by atoms with Crippen LogP contribution >= 0.6 is 0 Å². The first-order valence-electron chi connectivity index (χ1n) is 7.03. The summed E-state index contributed by atoms with van der Waals surface area (Å²) in [5.74, 6) is 5.43. The van der Waals surface area contributed by atoms with E-state index in [4.69, 9.17) is 4.52 Å². The maximum atomic E-state index is 5.47. The molecule has 5 atom stereocenters. The molecule has 2 aromatic rings. The Morgan fingerprint density at radius 2 is 2.00 bits per heavy atom. The van der Waals surface area contributed by atoms with Crippen molar-refractivity contribution in [1.82, 2.24) is 20.3 Å². The highest BCUT2D eigenvalue weighted by Crippen LogP contribution is 2.72. The van der Waals surface area contributed by atoms with E-state index in [0.717, 1.165) is 29.6 Å². The van der Waals surface area contributed by atoms with Gasteiger partial charge in [0.15, 0.2) is 0 Å². The van der Waals surface area contributed by atoms with Crippen molar-refractivity contribution in [3.8, 4) is 11.5 Å². The molecule has 0 N–H and O–H groups in total. The zero-order valence-electron chi connectivity index (χ0n) is 10.4. The molecule has 5 rings (SSSR count). The van der Waals surface area contributed by atoms with Gasteiger partial charge in [-0.2, -0.15) is 10.1 Å². The molecule has 96 valence electrons. The normalized spacial score (nSPS) is 38.4. The molecule has 5 heteroatoms. The summed E-state index contributed by atoms with van der Waals surface area (Å²) in [7, 11) is 0. The van der Waals surface area contributed by atoms with E-state index in [9.17, 15) is 0 Å². The van der Waals surface area contributed by atoms with E-state index in [1.165, 1.54) is 19.3 Å². The summed E-state index contributed by atoms with van der Waals surface area (Å²) in [5, 5.41) is 11.9. The Balaban J connectivity index is 1.45. The quantitative estimate of drug-likeness (QED) is 0.822. The van der Waals surface area contributed by atoms with Crippen LogP contribution in [0.4, 0.5) is 0 Å². The van der Waals surface area contributed by atoms with Gasteiger partial charge in [-0.15, -0.1) is 5.10 Å². The SMILES string of the molecule is c1cnnc(-c2noc(C3[C@@H]4[C@H]5CC[C@H](C5)[C@H]34)n2)c1. The van der Waals surface area contributed by atoms with E-state index in [1.807, 2.05) is 12.1 Å². The molecule has 0 amide bonds. The molecule has 3 aliphatic carbocycles. The fourth-order valence-corrected chi connectivity index (χ4v) is 4.55. The van der Waals surface area contributed by atoms with Crippen LogP contribution in [0.25, 0.3) is 11.5 Å². The summed E-state index contributed by atoms with van der Waals surface area (Å²) in [6.45, 7) is 0. The van der Waals surface area contributed by atoms with Crippen LogP contribution < -0.4 is 0 Å². The molecule has 0 radical (unpaired) electrons. The van der Waals surface area contributed by atoms with Crippen molar-refractivity contribution in [2.45, 2.75) is 25.2 Å². The molecule has 5 nitrogen and oxygen atoms in total. The molecule has 1 unspecified atom stereocenters. The van der Waals surface area contributed by atoms with Gasteiger partial charge in [0.05, 0.1) is 0 Å². The molecule has 2 aromatic heterocycles. The standard InChI is InChI=1S/C14H14N4O/c1-2-9(17-15-5-1)13-16-14(19-18-13)12-10-7-3-4-8(6-7)11(10)12/h1-2,5,7-8,10-12H,3-4,6H2/t7-,8+,10+,11-,12?. The summed E-state index contributed by atoms with van der Waals surface area (Å²) in [4.78, 5) is 4.54. The first kappa shape index (κ1) is 10.1. The van der Waals surface area contributed by atoms with Gasteiger partial charge in [-0.1, -0.05) is 5.16 Å². The van der Waals surface area contributed by atoms with E-state index in [2.05, 4.69) is 20.3 Å². The topological polar surface area (TPSA) is 64.7 Å². The molecular weight excluding hydrogens is 240 g/mol. The summed E-state index contributed by atoms with van der Waals surface area (Å²) in [5.41, 5.74) is 0.686. The van der Waals surface area contributed by atoms with E-state index in [-0.39, 0.29) is 0 Å². The van der Waals surface area contributed by atoms with Crippen LogP contribution in [-0.4, -0.2) is 20.3 Å². The van der Waals surface area contributed by atoms with Crippen LogP contribution in [0.2, 0.25) is 0 Å². The van der Waals surface area contributed by atoms with Gasteiger partial charge in [0.1, 0.15) is 5.69 Å². The van der Waals surface area contributed by atoms with Crippen molar-refractivity contribution in [2.75, 3.05) is 0 Å². The van der Waals surface area contributed by atoms with Gasteiger partial charge in [0.2, 0.25) is 11.7 Å². The molecule has 3 fully saturated rings. The lowest BCUT2D eigenvalue weighted by Gasteiger charge is -2.04. The number of rotatable bonds is 2. The van der Waals surface area contributed by atoms with Crippen molar-refractivity contribution in [1.29, 1.82) is 0 Å². The van der Waals surface area contributed by atoms with Gasteiger partial charge in [-0.3, -0.25) is 0 Å². The average Bonchev–Trinajstić information content (AvgIpc) is 2.89.